The van der Waals surface area contributed by atoms with Gasteiger partial charge >= 0.3 is 5.97 Å². The highest BCUT2D eigenvalue weighted by atomic mass is 16.5. The summed E-state index contributed by atoms with van der Waals surface area (Å²) in [5, 5.41) is 0. The first-order valence-corrected chi connectivity index (χ1v) is 6.05. The van der Waals surface area contributed by atoms with Crippen LogP contribution in [0.1, 0.15) is 26.7 Å². The lowest BCUT2D eigenvalue weighted by Crippen LogP contribution is -2.53. The highest BCUT2D eigenvalue weighted by Crippen LogP contribution is 2.14. The maximum Gasteiger partial charge on any atom is 0.331 e. The largest absolute Gasteiger partial charge is 0.467 e. The number of hydrogen-bond acceptors (Lipinski definition) is 4. The quantitative estimate of drug-likeness (QED) is 0.686. The lowest BCUT2D eigenvalue weighted by Gasteiger charge is -2.34. The zero-order chi connectivity index (χ0) is 12.8. The molecule has 0 aromatic carbocycles. The molecule has 1 fully saturated rings. The van der Waals surface area contributed by atoms with Gasteiger partial charge in [0, 0.05) is 13.0 Å². The summed E-state index contributed by atoms with van der Waals surface area (Å²) in [6.45, 7) is 5.27. The zero-order valence-corrected chi connectivity index (χ0v) is 10.8. The van der Waals surface area contributed by atoms with Gasteiger partial charge in [-0.1, -0.05) is 20.3 Å². The Morgan fingerprint density at radius 1 is 1.53 bits per heavy atom. The van der Waals surface area contributed by atoms with Crippen LogP contribution >= 0.6 is 0 Å². The van der Waals surface area contributed by atoms with Crippen molar-refractivity contribution in [2.24, 2.45) is 5.92 Å². The van der Waals surface area contributed by atoms with Crippen LogP contribution in [0.2, 0.25) is 0 Å². The van der Waals surface area contributed by atoms with Gasteiger partial charge in [-0.2, -0.15) is 0 Å². The Bertz CT molecular complexity index is 280. The van der Waals surface area contributed by atoms with E-state index in [0.717, 1.165) is 6.42 Å². The predicted molar refractivity (Wildman–Crippen MR) is 62.4 cm³/mol. The average Bonchev–Trinajstić information content (AvgIpc) is 2.37. The molecular formula is C12H21NO4. The van der Waals surface area contributed by atoms with Crippen molar-refractivity contribution in [2.45, 2.75) is 32.7 Å². The first-order valence-electron chi connectivity index (χ1n) is 6.05. The van der Waals surface area contributed by atoms with Gasteiger partial charge in [0.1, 0.15) is 0 Å². The maximum atomic E-state index is 12.1. The summed E-state index contributed by atoms with van der Waals surface area (Å²) in [7, 11) is 1.33. The summed E-state index contributed by atoms with van der Waals surface area (Å²) >= 11 is 0. The lowest BCUT2D eigenvalue weighted by atomic mass is 10.0. The van der Waals surface area contributed by atoms with Gasteiger partial charge < -0.3 is 14.4 Å². The Hall–Kier alpha value is -1.10. The van der Waals surface area contributed by atoms with Gasteiger partial charge in [0.25, 0.3) is 0 Å². The molecule has 2 unspecified atom stereocenters. The van der Waals surface area contributed by atoms with E-state index in [9.17, 15) is 9.59 Å². The fraction of sp³-hybridized carbons (Fsp3) is 0.833. The molecule has 0 saturated carbocycles. The topological polar surface area (TPSA) is 55.8 Å². The molecule has 0 aliphatic carbocycles. The smallest absolute Gasteiger partial charge is 0.331 e. The highest BCUT2D eigenvalue weighted by molar-refractivity contribution is 5.85. The number of amides is 1. The number of hydrogen-bond donors (Lipinski definition) is 0. The van der Waals surface area contributed by atoms with Crippen LogP contribution in [0, 0.1) is 5.92 Å². The second-order valence-corrected chi connectivity index (χ2v) is 4.42. The van der Waals surface area contributed by atoms with Crippen LogP contribution in [0.3, 0.4) is 0 Å². The van der Waals surface area contributed by atoms with E-state index in [1.54, 1.807) is 4.90 Å². The molecule has 0 spiro atoms. The van der Waals surface area contributed by atoms with E-state index in [-0.39, 0.29) is 12.5 Å². The van der Waals surface area contributed by atoms with Gasteiger partial charge in [-0.25, -0.2) is 4.79 Å². The summed E-state index contributed by atoms with van der Waals surface area (Å²) in [5.74, 6) is -0.0520. The second kappa shape index (κ2) is 6.59. The molecule has 17 heavy (non-hydrogen) atoms. The molecule has 0 bridgehead atoms. The molecule has 1 aliphatic heterocycles. The van der Waals surface area contributed by atoms with Crippen LogP contribution in [-0.4, -0.2) is 49.7 Å². The van der Waals surface area contributed by atoms with E-state index < -0.39 is 12.0 Å². The Labute approximate surface area is 102 Å². The molecule has 1 amide bonds. The molecule has 98 valence electrons. The van der Waals surface area contributed by atoms with Crippen molar-refractivity contribution in [2.75, 3.05) is 26.9 Å². The summed E-state index contributed by atoms with van der Waals surface area (Å²) in [5.41, 5.74) is 0. The number of nitrogens with zero attached hydrogens (tertiary/aromatic N) is 1. The fourth-order valence-corrected chi connectivity index (χ4v) is 1.79. The molecule has 0 aromatic heterocycles. The van der Waals surface area contributed by atoms with Crippen molar-refractivity contribution in [3.8, 4) is 0 Å². The molecule has 5 nitrogen and oxygen atoms in total. The van der Waals surface area contributed by atoms with Crippen LogP contribution in [0.4, 0.5) is 0 Å². The number of methoxy groups -OCH3 is 1. The number of esters is 1. The fourth-order valence-electron chi connectivity index (χ4n) is 1.79. The monoisotopic (exact) mass is 243 g/mol. The Morgan fingerprint density at radius 3 is 2.82 bits per heavy atom. The van der Waals surface area contributed by atoms with Crippen molar-refractivity contribution >= 4 is 11.9 Å². The Kier molecular flexibility index (Phi) is 5.41. The van der Waals surface area contributed by atoms with Crippen molar-refractivity contribution in [1.82, 2.24) is 4.90 Å². The number of morpholine rings is 1. The molecular weight excluding hydrogens is 222 g/mol. The van der Waals surface area contributed by atoms with E-state index in [0.29, 0.717) is 25.5 Å². The zero-order valence-electron chi connectivity index (χ0n) is 10.8. The molecule has 0 radical (unpaired) electrons. The van der Waals surface area contributed by atoms with Gasteiger partial charge in [0.15, 0.2) is 6.04 Å². The second-order valence-electron chi connectivity index (χ2n) is 4.42. The number of carbonyl (C=O) groups is 2. The van der Waals surface area contributed by atoms with E-state index in [1.807, 2.05) is 6.92 Å². The number of carbonyl (C=O) groups excluding carboxylic acids is 2. The molecule has 0 aromatic rings. The van der Waals surface area contributed by atoms with Crippen molar-refractivity contribution in [3.05, 3.63) is 0 Å². The summed E-state index contributed by atoms with van der Waals surface area (Å²) in [6, 6.07) is -0.578. The SMILES string of the molecule is CCC(C)CC(=O)N1CCOCC1C(=O)OC. The van der Waals surface area contributed by atoms with Crippen molar-refractivity contribution < 1.29 is 19.1 Å². The van der Waals surface area contributed by atoms with Crippen LogP contribution in [0.15, 0.2) is 0 Å². The number of rotatable bonds is 4. The third-order valence-electron chi connectivity index (χ3n) is 3.14. The normalized spacial score (nSPS) is 22.1. The summed E-state index contributed by atoms with van der Waals surface area (Å²) in [4.78, 5) is 25.2. The predicted octanol–water partition coefficient (Wildman–Crippen LogP) is 0.823. The van der Waals surface area contributed by atoms with Gasteiger partial charge in [-0.05, 0) is 5.92 Å². The van der Waals surface area contributed by atoms with Crippen LogP contribution < -0.4 is 0 Å². The molecule has 5 heteroatoms. The van der Waals surface area contributed by atoms with Gasteiger partial charge in [-0.15, -0.1) is 0 Å². The third kappa shape index (κ3) is 3.70. The minimum Gasteiger partial charge on any atom is -0.467 e. The van der Waals surface area contributed by atoms with Crippen LogP contribution in [-0.2, 0) is 19.1 Å². The third-order valence-corrected chi connectivity index (χ3v) is 3.14. The van der Waals surface area contributed by atoms with Gasteiger partial charge in [0.2, 0.25) is 5.91 Å². The van der Waals surface area contributed by atoms with E-state index in [2.05, 4.69) is 11.7 Å². The van der Waals surface area contributed by atoms with Crippen molar-refractivity contribution in [1.29, 1.82) is 0 Å². The maximum absolute atomic E-state index is 12.1. The van der Waals surface area contributed by atoms with Crippen LogP contribution in [0.5, 0.6) is 0 Å². The van der Waals surface area contributed by atoms with Crippen molar-refractivity contribution in [3.63, 3.8) is 0 Å². The lowest BCUT2D eigenvalue weighted by molar-refractivity contribution is -0.161. The first kappa shape index (κ1) is 14.0. The van der Waals surface area contributed by atoms with E-state index >= 15 is 0 Å². The summed E-state index contributed by atoms with van der Waals surface area (Å²) < 4.78 is 9.91. The Balaban J connectivity index is 2.64. The molecule has 2 atom stereocenters. The molecule has 1 saturated heterocycles. The van der Waals surface area contributed by atoms with Crippen LogP contribution in [0.25, 0.3) is 0 Å². The average molecular weight is 243 g/mol. The summed E-state index contributed by atoms with van der Waals surface area (Å²) in [6.07, 6.45) is 1.43. The minimum absolute atomic E-state index is 0.0121. The molecule has 1 aliphatic rings. The first-order chi connectivity index (χ1) is 8.10. The minimum atomic E-state index is -0.578. The molecule has 1 heterocycles. The van der Waals surface area contributed by atoms with Gasteiger partial charge in [0.05, 0.1) is 20.3 Å². The van der Waals surface area contributed by atoms with E-state index in [4.69, 9.17) is 4.74 Å². The number of ether oxygens (including phenoxy) is 2. The standard InChI is InChI=1S/C12H21NO4/c1-4-9(2)7-11(14)13-5-6-17-8-10(13)12(15)16-3/h9-10H,4-8H2,1-3H3. The Morgan fingerprint density at radius 2 is 2.24 bits per heavy atom. The molecule has 1 rings (SSSR count). The van der Waals surface area contributed by atoms with Gasteiger partial charge in [-0.3, -0.25) is 4.79 Å². The molecule has 0 N–H and O–H groups in total. The highest BCUT2D eigenvalue weighted by Gasteiger charge is 2.33. The van der Waals surface area contributed by atoms with E-state index in [1.165, 1.54) is 7.11 Å².